The van der Waals surface area contributed by atoms with Gasteiger partial charge in [0.15, 0.2) is 21.3 Å². The fourth-order valence-corrected chi connectivity index (χ4v) is 5.68. The minimum Gasteiger partial charge on any atom is -0.353 e. The van der Waals surface area contributed by atoms with Crippen molar-refractivity contribution in [3.63, 3.8) is 0 Å². The number of rotatable bonds is 9. The average Bonchev–Trinajstić information content (AvgIpc) is 3.42. The maximum absolute atomic E-state index is 13.8. The summed E-state index contributed by atoms with van der Waals surface area (Å²) in [4.78, 5) is 17.8. The molecule has 2 aromatic rings. The molecule has 1 N–H and O–H groups in total. The number of anilines is 1. The summed E-state index contributed by atoms with van der Waals surface area (Å²) in [6, 6.07) is 5.87. The normalized spacial score (nSPS) is 25.1. The van der Waals surface area contributed by atoms with E-state index in [9.17, 15) is 22.0 Å². The smallest absolute Gasteiger partial charge is 0.257 e. The number of amides is 1. The molecule has 1 saturated carbocycles. The number of hydrogen-bond donors (Lipinski definition) is 1. The van der Waals surface area contributed by atoms with Gasteiger partial charge in [0, 0.05) is 30.2 Å². The first kappa shape index (κ1) is 26.8. The lowest BCUT2D eigenvalue weighted by Crippen LogP contribution is -2.23. The van der Waals surface area contributed by atoms with E-state index in [4.69, 9.17) is 9.47 Å². The summed E-state index contributed by atoms with van der Waals surface area (Å²) in [6.45, 7) is 1.17. The minimum atomic E-state index is -3.41. The topological polar surface area (TPSA) is 94.6 Å². The molecule has 4 rings (SSSR count). The van der Waals surface area contributed by atoms with Crippen LogP contribution in [0.3, 0.4) is 0 Å². The molecule has 0 bridgehead atoms. The number of halogens is 2. The Balaban J connectivity index is 1.45. The third-order valence-corrected chi connectivity index (χ3v) is 8.20. The zero-order valence-corrected chi connectivity index (χ0v) is 21.6. The maximum Gasteiger partial charge on any atom is 0.257 e. The van der Waals surface area contributed by atoms with Gasteiger partial charge in [0.1, 0.15) is 12.3 Å². The van der Waals surface area contributed by atoms with Gasteiger partial charge < -0.3 is 9.47 Å². The molecule has 196 valence electrons. The summed E-state index contributed by atoms with van der Waals surface area (Å²) in [6.07, 6.45) is 2.94. The van der Waals surface area contributed by atoms with E-state index in [0.717, 1.165) is 31.2 Å². The molecule has 2 unspecified atom stereocenters. The fourth-order valence-electron chi connectivity index (χ4n) is 4.31. The molecule has 2 aliphatic rings. The van der Waals surface area contributed by atoms with Crippen molar-refractivity contribution in [1.82, 2.24) is 4.98 Å². The minimum absolute atomic E-state index is 0.00845. The van der Waals surface area contributed by atoms with E-state index in [2.05, 4.69) is 10.3 Å². The van der Waals surface area contributed by atoms with Gasteiger partial charge in [-0.3, -0.25) is 10.1 Å². The molecule has 4 atom stereocenters. The highest BCUT2D eigenvalue weighted by atomic mass is 32.2. The zero-order chi connectivity index (χ0) is 25.7. The quantitative estimate of drug-likeness (QED) is 0.462. The van der Waals surface area contributed by atoms with Crippen molar-refractivity contribution in [2.75, 3.05) is 24.8 Å². The predicted molar refractivity (Wildman–Crippen MR) is 134 cm³/mol. The summed E-state index contributed by atoms with van der Waals surface area (Å²) < 4.78 is 62.5. The number of carbonyl (C=O) groups excluding carboxylic acids is 1. The molecule has 36 heavy (non-hydrogen) atoms. The number of allylic oxidation sites excluding steroid dienone is 1. The predicted octanol–water partition coefficient (Wildman–Crippen LogP) is 4.74. The molecule has 0 spiro atoms. The molecular weight excluding hydrogens is 510 g/mol. The summed E-state index contributed by atoms with van der Waals surface area (Å²) >= 11 is 1.27. The number of alkyl halides is 2. The molecule has 11 heteroatoms. The standard InChI is InChI=1S/C25H30F2N2O5S2/c1-36(31,32)19-7-5-17(6-8-19)20(12-16-13-21(26)22(27)14-16)24(30)29-25-28-18(15-35-25)9-11-34-23-4-2-3-10-33-23/h5-8,12,15-16,21-23H,2-4,9-11,13-14H2,1H3,(H,28,29,30)/b20-12+/t16?,21-,22+,23?. The summed E-state index contributed by atoms with van der Waals surface area (Å²) in [7, 11) is -3.41. The fraction of sp³-hybridized carbons (Fsp3) is 0.520. The highest BCUT2D eigenvalue weighted by molar-refractivity contribution is 7.90. The molecule has 1 saturated heterocycles. The number of nitrogens with one attached hydrogen (secondary N) is 1. The van der Waals surface area contributed by atoms with Crippen molar-refractivity contribution in [2.45, 2.75) is 62.1 Å². The van der Waals surface area contributed by atoms with Crippen LogP contribution in [0.25, 0.3) is 5.57 Å². The Bertz CT molecular complexity index is 1170. The van der Waals surface area contributed by atoms with Gasteiger partial charge in [-0.2, -0.15) is 0 Å². The van der Waals surface area contributed by atoms with Gasteiger partial charge in [-0.1, -0.05) is 18.2 Å². The molecule has 2 heterocycles. The van der Waals surface area contributed by atoms with Crippen molar-refractivity contribution >= 4 is 37.8 Å². The number of hydrogen-bond acceptors (Lipinski definition) is 7. The number of carbonyl (C=O) groups is 1. The van der Waals surface area contributed by atoms with E-state index in [1.54, 1.807) is 6.08 Å². The number of thiazole rings is 1. The Kier molecular flexibility index (Phi) is 8.87. The molecule has 1 aromatic heterocycles. The third kappa shape index (κ3) is 7.18. The number of sulfone groups is 1. The monoisotopic (exact) mass is 540 g/mol. The van der Waals surface area contributed by atoms with Crippen LogP contribution in [0.4, 0.5) is 13.9 Å². The van der Waals surface area contributed by atoms with Crippen LogP contribution in [0.5, 0.6) is 0 Å². The second-order valence-corrected chi connectivity index (χ2v) is 12.0. The second kappa shape index (κ2) is 11.9. The van der Waals surface area contributed by atoms with E-state index >= 15 is 0 Å². The van der Waals surface area contributed by atoms with Crippen molar-refractivity contribution < 1.29 is 31.5 Å². The molecule has 1 aliphatic heterocycles. The average molecular weight is 541 g/mol. The van der Waals surface area contributed by atoms with Gasteiger partial charge in [0.25, 0.3) is 5.91 Å². The van der Waals surface area contributed by atoms with E-state index in [0.29, 0.717) is 30.3 Å². The first-order chi connectivity index (χ1) is 17.2. The van der Waals surface area contributed by atoms with Crippen LogP contribution in [0.15, 0.2) is 40.6 Å². The Morgan fingerprint density at radius 2 is 1.94 bits per heavy atom. The molecule has 2 fully saturated rings. The molecule has 0 radical (unpaired) electrons. The van der Waals surface area contributed by atoms with Crippen molar-refractivity contribution in [2.24, 2.45) is 5.92 Å². The largest absolute Gasteiger partial charge is 0.353 e. The first-order valence-electron chi connectivity index (χ1n) is 12.0. The van der Waals surface area contributed by atoms with Crippen LogP contribution < -0.4 is 5.32 Å². The van der Waals surface area contributed by atoms with Gasteiger partial charge in [0.05, 0.1) is 17.2 Å². The van der Waals surface area contributed by atoms with Gasteiger partial charge >= 0.3 is 0 Å². The number of ether oxygens (including phenoxy) is 2. The van der Waals surface area contributed by atoms with Crippen LogP contribution >= 0.6 is 11.3 Å². The summed E-state index contributed by atoms with van der Waals surface area (Å²) in [5.74, 6) is -0.927. The van der Waals surface area contributed by atoms with E-state index in [1.807, 2.05) is 5.38 Å². The van der Waals surface area contributed by atoms with Gasteiger partial charge in [-0.25, -0.2) is 22.2 Å². The Hall–Kier alpha value is -2.21. The Morgan fingerprint density at radius 3 is 2.58 bits per heavy atom. The highest BCUT2D eigenvalue weighted by Crippen LogP contribution is 2.34. The van der Waals surface area contributed by atoms with E-state index in [-0.39, 0.29) is 29.6 Å². The van der Waals surface area contributed by atoms with Gasteiger partial charge in [0.2, 0.25) is 0 Å². The van der Waals surface area contributed by atoms with Crippen LogP contribution in [-0.2, 0) is 30.5 Å². The maximum atomic E-state index is 13.8. The van der Waals surface area contributed by atoms with Crippen molar-refractivity contribution in [3.05, 3.63) is 47.0 Å². The SMILES string of the molecule is CS(=O)(=O)c1ccc(/C(=C\C2C[C@@H](F)[C@@H](F)C2)C(=O)Nc2nc(CCOC3CCCCO3)cs2)cc1. The molecule has 1 aliphatic carbocycles. The Labute approximate surface area is 213 Å². The van der Waals surface area contributed by atoms with Crippen molar-refractivity contribution in [1.29, 1.82) is 0 Å². The number of aromatic nitrogens is 1. The number of benzene rings is 1. The lowest BCUT2D eigenvalue weighted by Gasteiger charge is -2.22. The lowest BCUT2D eigenvalue weighted by atomic mass is 9.98. The summed E-state index contributed by atoms with van der Waals surface area (Å²) in [5.41, 5.74) is 1.44. The molecular formula is C25H30F2N2O5S2. The van der Waals surface area contributed by atoms with Crippen LogP contribution in [0.1, 0.15) is 43.4 Å². The van der Waals surface area contributed by atoms with Crippen LogP contribution in [0.2, 0.25) is 0 Å². The second-order valence-electron chi connectivity index (χ2n) is 9.16. The van der Waals surface area contributed by atoms with Crippen LogP contribution in [0, 0.1) is 5.92 Å². The third-order valence-electron chi connectivity index (χ3n) is 6.26. The van der Waals surface area contributed by atoms with Crippen molar-refractivity contribution in [3.8, 4) is 0 Å². The molecule has 7 nitrogen and oxygen atoms in total. The van der Waals surface area contributed by atoms with Crippen LogP contribution in [-0.4, -0.2) is 57.4 Å². The molecule has 1 aromatic carbocycles. The molecule has 1 amide bonds. The van der Waals surface area contributed by atoms with E-state index in [1.165, 1.54) is 35.6 Å². The Morgan fingerprint density at radius 1 is 1.22 bits per heavy atom. The first-order valence-corrected chi connectivity index (χ1v) is 14.8. The lowest BCUT2D eigenvalue weighted by molar-refractivity contribution is -0.161. The van der Waals surface area contributed by atoms with E-state index < -0.39 is 34.0 Å². The summed E-state index contributed by atoms with van der Waals surface area (Å²) in [5, 5.41) is 5.00. The van der Waals surface area contributed by atoms with Gasteiger partial charge in [-0.05, 0) is 55.7 Å². The highest BCUT2D eigenvalue weighted by Gasteiger charge is 2.34. The zero-order valence-electron chi connectivity index (χ0n) is 20.0. The van der Waals surface area contributed by atoms with Gasteiger partial charge in [-0.15, -0.1) is 11.3 Å². The number of nitrogens with zero attached hydrogens (tertiary/aromatic N) is 1.